The molecule has 192 valence electrons. The molecule has 0 amide bonds. The summed E-state index contributed by atoms with van der Waals surface area (Å²) >= 11 is 0. The number of Topliss-reactive ketones (excluding diaryl/α,β-unsaturated/α-hetero) is 1. The molecule has 5 aliphatic rings. The molecular formula is C28H38O7. The number of rotatable bonds is 6. The molecule has 0 radical (unpaired) electrons. The maximum atomic E-state index is 13.9. The zero-order chi connectivity index (χ0) is 25.4. The molecule has 4 fully saturated rings. The van der Waals surface area contributed by atoms with Crippen LogP contribution < -0.4 is 0 Å². The van der Waals surface area contributed by atoms with Crippen LogP contribution in [-0.4, -0.2) is 47.4 Å². The van der Waals surface area contributed by atoms with Crippen molar-refractivity contribution in [2.75, 3.05) is 6.61 Å². The quantitative estimate of drug-likeness (QED) is 0.411. The van der Waals surface area contributed by atoms with Crippen LogP contribution in [-0.2, 0) is 33.4 Å². The van der Waals surface area contributed by atoms with Crippen LogP contribution >= 0.6 is 0 Å². The normalized spacial score (nSPS) is 45.3. The van der Waals surface area contributed by atoms with Gasteiger partial charge in [-0.2, -0.15) is 0 Å². The third kappa shape index (κ3) is 3.06. The van der Waals surface area contributed by atoms with Gasteiger partial charge in [0.05, 0.1) is 6.10 Å². The summed E-state index contributed by atoms with van der Waals surface area (Å²) in [5, 5.41) is 0. The van der Waals surface area contributed by atoms with E-state index in [0.717, 1.165) is 25.7 Å². The minimum absolute atomic E-state index is 0.0494. The van der Waals surface area contributed by atoms with E-state index in [0.29, 0.717) is 12.8 Å². The maximum Gasteiger partial charge on any atom is 0.306 e. The molecule has 1 spiro atoms. The van der Waals surface area contributed by atoms with E-state index in [2.05, 4.69) is 13.8 Å². The van der Waals surface area contributed by atoms with Crippen molar-refractivity contribution in [1.29, 1.82) is 0 Å². The average Bonchev–Trinajstić information content (AvgIpc) is 3.50. The van der Waals surface area contributed by atoms with Crippen molar-refractivity contribution in [2.24, 2.45) is 28.6 Å². The number of fused-ring (bicyclic) bond motifs is 3. The van der Waals surface area contributed by atoms with Crippen LogP contribution in [0.4, 0.5) is 0 Å². The fourth-order valence-corrected chi connectivity index (χ4v) is 8.81. The number of hydrogen-bond acceptors (Lipinski definition) is 7. The number of epoxide rings is 1. The highest BCUT2D eigenvalue weighted by Crippen LogP contribution is 2.77. The lowest BCUT2D eigenvalue weighted by molar-refractivity contribution is -0.195. The van der Waals surface area contributed by atoms with Crippen molar-refractivity contribution in [3.05, 3.63) is 11.6 Å². The summed E-state index contributed by atoms with van der Waals surface area (Å²) in [6, 6.07) is 0. The first-order valence-corrected chi connectivity index (χ1v) is 13.3. The Morgan fingerprint density at radius 2 is 1.80 bits per heavy atom. The third-order valence-electron chi connectivity index (χ3n) is 10.5. The molecule has 0 N–H and O–H groups in total. The van der Waals surface area contributed by atoms with Crippen molar-refractivity contribution in [2.45, 2.75) is 103 Å². The fraction of sp³-hybridized carbons (Fsp3) is 0.786. The third-order valence-corrected chi connectivity index (χ3v) is 10.5. The first-order valence-electron chi connectivity index (χ1n) is 13.3. The van der Waals surface area contributed by atoms with E-state index in [4.69, 9.17) is 14.2 Å². The lowest BCUT2D eigenvalue weighted by Crippen LogP contribution is -2.64. The molecule has 0 bridgehead atoms. The summed E-state index contributed by atoms with van der Waals surface area (Å²) in [4.78, 5) is 50.7. The topological polar surface area (TPSA) is 99.3 Å². The smallest absolute Gasteiger partial charge is 0.306 e. The highest BCUT2D eigenvalue weighted by molar-refractivity contribution is 5.94. The molecule has 0 aromatic rings. The van der Waals surface area contributed by atoms with Crippen LogP contribution in [0.15, 0.2) is 11.6 Å². The summed E-state index contributed by atoms with van der Waals surface area (Å²) in [5.74, 6) is -0.820. The molecule has 1 heterocycles. The number of ketones is 2. The molecule has 7 nitrogen and oxygen atoms in total. The van der Waals surface area contributed by atoms with Gasteiger partial charge in [-0.15, -0.1) is 0 Å². The number of carbonyl (C=O) groups excluding carboxylic acids is 4. The van der Waals surface area contributed by atoms with Crippen molar-refractivity contribution < 1.29 is 33.4 Å². The number of esters is 2. The molecule has 1 saturated heterocycles. The molecule has 1 aliphatic heterocycles. The second-order valence-electron chi connectivity index (χ2n) is 11.9. The number of ether oxygens (including phenoxy) is 3. The van der Waals surface area contributed by atoms with Gasteiger partial charge in [-0.05, 0) is 50.0 Å². The van der Waals surface area contributed by atoms with Crippen LogP contribution in [0.25, 0.3) is 0 Å². The van der Waals surface area contributed by atoms with E-state index >= 15 is 0 Å². The van der Waals surface area contributed by atoms with Gasteiger partial charge in [0.25, 0.3) is 0 Å². The van der Waals surface area contributed by atoms with Gasteiger partial charge in [0, 0.05) is 36.0 Å². The molecule has 3 saturated carbocycles. The van der Waals surface area contributed by atoms with E-state index in [1.807, 2.05) is 13.0 Å². The van der Waals surface area contributed by atoms with Gasteiger partial charge in [-0.3, -0.25) is 19.2 Å². The summed E-state index contributed by atoms with van der Waals surface area (Å²) in [6.45, 7) is 9.38. The number of carbonyl (C=O) groups is 4. The minimum atomic E-state index is -1.35. The zero-order valence-corrected chi connectivity index (χ0v) is 21.6. The Bertz CT molecular complexity index is 1010. The molecule has 1 unspecified atom stereocenters. The Balaban J connectivity index is 1.54. The standard InChI is InChI=1S/C28H38O7/c1-6-23(31)33-15-21(30)27(35-24(32)7-2)16(3)12-20-19-9-8-17-13-18(29)10-11-25(17,4)28(19)22(34-28)14-26(20,27)5/h13,16,19-20,22H,6-12,14-15H2,1-5H3/t16-,19-,20+,22-,25-,26-,27?,28+/m0/s1. The van der Waals surface area contributed by atoms with E-state index in [-0.39, 0.29) is 65.9 Å². The van der Waals surface area contributed by atoms with E-state index in [1.54, 1.807) is 13.8 Å². The van der Waals surface area contributed by atoms with Gasteiger partial charge >= 0.3 is 11.9 Å². The first-order chi connectivity index (χ1) is 16.5. The van der Waals surface area contributed by atoms with Crippen molar-refractivity contribution in [3.63, 3.8) is 0 Å². The molecule has 8 atom stereocenters. The Kier molecular flexibility index (Phi) is 5.63. The fourth-order valence-electron chi connectivity index (χ4n) is 8.81. The first kappa shape index (κ1) is 24.7. The number of hydrogen-bond donors (Lipinski definition) is 0. The van der Waals surface area contributed by atoms with Gasteiger partial charge < -0.3 is 14.2 Å². The summed E-state index contributed by atoms with van der Waals surface area (Å²) in [6.07, 6.45) is 6.62. The van der Waals surface area contributed by atoms with Crippen LogP contribution in [0.2, 0.25) is 0 Å². The van der Waals surface area contributed by atoms with Crippen molar-refractivity contribution in [1.82, 2.24) is 0 Å². The minimum Gasteiger partial charge on any atom is -0.457 e. The summed E-state index contributed by atoms with van der Waals surface area (Å²) in [7, 11) is 0. The second-order valence-corrected chi connectivity index (χ2v) is 11.9. The predicted molar refractivity (Wildman–Crippen MR) is 126 cm³/mol. The highest BCUT2D eigenvalue weighted by Gasteiger charge is 2.83. The zero-order valence-electron chi connectivity index (χ0n) is 21.6. The van der Waals surface area contributed by atoms with Gasteiger partial charge in [-0.1, -0.05) is 40.2 Å². The maximum absolute atomic E-state index is 13.9. The largest absolute Gasteiger partial charge is 0.457 e. The van der Waals surface area contributed by atoms with Crippen molar-refractivity contribution >= 4 is 23.5 Å². The van der Waals surface area contributed by atoms with E-state index in [9.17, 15) is 19.2 Å². The average molecular weight is 487 g/mol. The van der Waals surface area contributed by atoms with Crippen LogP contribution in [0, 0.1) is 28.6 Å². The molecule has 5 rings (SSSR count). The molecule has 4 aliphatic carbocycles. The molecule has 0 aromatic heterocycles. The van der Waals surface area contributed by atoms with Gasteiger partial charge in [-0.25, -0.2) is 0 Å². The Morgan fingerprint density at radius 1 is 1.09 bits per heavy atom. The molecule has 35 heavy (non-hydrogen) atoms. The lowest BCUT2D eigenvalue weighted by Gasteiger charge is -2.57. The Hall–Kier alpha value is -2.02. The van der Waals surface area contributed by atoms with Gasteiger partial charge in [0.15, 0.2) is 18.0 Å². The van der Waals surface area contributed by atoms with Crippen LogP contribution in [0.3, 0.4) is 0 Å². The van der Waals surface area contributed by atoms with Crippen LogP contribution in [0.5, 0.6) is 0 Å². The van der Waals surface area contributed by atoms with Gasteiger partial charge in [0.1, 0.15) is 5.60 Å². The predicted octanol–water partition coefficient (Wildman–Crippen LogP) is 4.11. The highest BCUT2D eigenvalue weighted by atomic mass is 16.6. The second kappa shape index (κ2) is 7.99. The van der Waals surface area contributed by atoms with Gasteiger partial charge in [0.2, 0.25) is 5.78 Å². The van der Waals surface area contributed by atoms with E-state index in [1.165, 1.54) is 5.57 Å². The lowest BCUT2D eigenvalue weighted by atomic mass is 9.46. The molecule has 7 heteroatoms. The summed E-state index contributed by atoms with van der Waals surface area (Å²) in [5.41, 5.74) is -1.25. The Labute approximate surface area is 207 Å². The van der Waals surface area contributed by atoms with Crippen molar-refractivity contribution in [3.8, 4) is 0 Å². The monoisotopic (exact) mass is 486 g/mol. The summed E-state index contributed by atoms with van der Waals surface area (Å²) < 4.78 is 18.1. The SMILES string of the molecule is CCC(=O)OCC(=O)C1(OC(=O)CC)[C@@H](C)C[C@@H]2[C@@H]3CCC4=CC(=O)CC[C@]4(C)[C@@]34O[C@H]4C[C@@]21C. The van der Waals surface area contributed by atoms with E-state index < -0.39 is 23.0 Å². The molecular weight excluding hydrogens is 448 g/mol. The molecule has 0 aromatic carbocycles. The Morgan fingerprint density at radius 3 is 2.49 bits per heavy atom. The van der Waals surface area contributed by atoms with Crippen LogP contribution in [0.1, 0.15) is 86.0 Å².